The summed E-state index contributed by atoms with van der Waals surface area (Å²) in [4.78, 5) is 10.9. The number of hydrogen-bond donors (Lipinski definition) is 3. The summed E-state index contributed by atoms with van der Waals surface area (Å²) < 4.78 is 38.0. The standard InChI is InChI=1S/C13H16F3NO3/c1-12(2,7-18)6-17-8-3-4-10(13(14,15)16)9(5-8)11(19)20/h3-5,17-18H,6-7H2,1-2H3,(H,19,20). The largest absolute Gasteiger partial charge is 0.478 e. The van der Waals surface area contributed by atoms with Gasteiger partial charge in [-0.3, -0.25) is 0 Å². The van der Waals surface area contributed by atoms with Crippen molar-refractivity contribution >= 4 is 11.7 Å². The molecule has 7 heteroatoms. The lowest BCUT2D eigenvalue weighted by Gasteiger charge is -2.23. The van der Waals surface area contributed by atoms with E-state index < -0.39 is 28.7 Å². The number of aromatic carboxylic acids is 1. The number of aliphatic hydroxyl groups is 1. The fraction of sp³-hybridized carbons (Fsp3) is 0.462. The lowest BCUT2D eigenvalue weighted by molar-refractivity contribution is -0.138. The summed E-state index contributed by atoms with van der Waals surface area (Å²) in [5.74, 6) is -1.64. The molecule has 0 amide bonds. The highest BCUT2D eigenvalue weighted by Gasteiger charge is 2.35. The van der Waals surface area contributed by atoms with E-state index in [1.165, 1.54) is 6.07 Å². The molecule has 0 bridgehead atoms. The molecule has 1 rings (SSSR count). The van der Waals surface area contributed by atoms with Crippen LogP contribution < -0.4 is 5.32 Å². The summed E-state index contributed by atoms with van der Waals surface area (Å²) in [6.07, 6.45) is -4.71. The number of hydrogen-bond acceptors (Lipinski definition) is 3. The van der Waals surface area contributed by atoms with E-state index in [0.29, 0.717) is 6.54 Å². The molecule has 4 nitrogen and oxygen atoms in total. The van der Waals surface area contributed by atoms with Gasteiger partial charge in [-0.1, -0.05) is 13.8 Å². The van der Waals surface area contributed by atoms with Crippen molar-refractivity contribution in [2.24, 2.45) is 5.41 Å². The van der Waals surface area contributed by atoms with Crippen molar-refractivity contribution < 1.29 is 28.2 Å². The van der Waals surface area contributed by atoms with Gasteiger partial charge >= 0.3 is 12.1 Å². The Kier molecular flexibility index (Phi) is 4.65. The average Bonchev–Trinajstić information content (AvgIpc) is 2.35. The third kappa shape index (κ3) is 4.12. The zero-order chi connectivity index (χ0) is 15.6. The Morgan fingerprint density at radius 3 is 2.35 bits per heavy atom. The minimum absolute atomic E-state index is 0.105. The molecule has 0 aliphatic rings. The van der Waals surface area contributed by atoms with Crippen molar-refractivity contribution in [2.75, 3.05) is 18.5 Å². The van der Waals surface area contributed by atoms with Crippen molar-refractivity contribution in [3.63, 3.8) is 0 Å². The summed E-state index contributed by atoms with van der Waals surface area (Å²) in [6, 6.07) is 2.85. The highest BCUT2D eigenvalue weighted by atomic mass is 19.4. The van der Waals surface area contributed by atoms with Gasteiger partial charge < -0.3 is 15.5 Å². The Hall–Kier alpha value is -1.76. The van der Waals surface area contributed by atoms with Crippen LogP contribution in [0.5, 0.6) is 0 Å². The van der Waals surface area contributed by atoms with Gasteiger partial charge in [0, 0.05) is 24.3 Å². The van der Waals surface area contributed by atoms with Crippen LogP contribution in [-0.4, -0.2) is 29.3 Å². The predicted molar refractivity (Wildman–Crippen MR) is 67.8 cm³/mol. The van der Waals surface area contributed by atoms with E-state index >= 15 is 0 Å². The third-order valence-corrected chi connectivity index (χ3v) is 2.75. The van der Waals surface area contributed by atoms with Crippen molar-refractivity contribution in [2.45, 2.75) is 20.0 Å². The van der Waals surface area contributed by atoms with Gasteiger partial charge in [0.05, 0.1) is 11.1 Å². The zero-order valence-corrected chi connectivity index (χ0v) is 11.1. The molecule has 3 N–H and O–H groups in total. The van der Waals surface area contributed by atoms with Crippen LogP contribution in [0.3, 0.4) is 0 Å². The fourth-order valence-electron chi connectivity index (χ4n) is 1.48. The number of carboxylic acid groups (broad SMARTS) is 1. The molecule has 0 fully saturated rings. The van der Waals surface area contributed by atoms with E-state index in [1.54, 1.807) is 13.8 Å². The van der Waals surface area contributed by atoms with Gasteiger partial charge in [0.25, 0.3) is 0 Å². The Morgan fingerprint density at radius 1 is 1.30 bits per heavy atom. The molecular formula is C13H16F3NO3. The van der Waals surface area contributed by atoms with Gasteiger partial charge in [-0.2, -0.15) is 13.2 Å². The molecule has 112 valence electrons. The lowest BCUT2D eigenvalue weighted by atomic mass is 9.95. The first-order valence-corrected chi connectivity index (χ1v) is 5.86. The first kappa shape index (κ1) is 16.3. The van der Waals surface area contributed by atoms with E-state index in [0.717, 1.165) is 12.1 Å². The maximum atomic E-state index is 12.7. The van der Waals surface area contributed by atoms with Crippen molar-refractivity contribution in [3.8, 4) is 0 Å². The van der Waals surface area contributed by atoms with Crippen molar-refractivity contribution in [1.82, 2.24) is 0 Å². The minimum atomic E-state index is -4.71. The van der Waals surface area contributed by atoms with Gasteiger partial charge in [0.15, 0.2) is 0 Å². The topological polar surface area (TPSA) is 69.6 Å². The fourth-order valence-corrected chi connectivity index (χ4v) is 1.48. The second-order valence-electron chi connectivity index (χ2n) is 5.24. The Labute approximate surface area is 114 Å². The molecule has 0 atom stereocenters. The molecule has 20 heavy (non-hydrogen) atoms. The Balaban J connectivity index is 3.03. The van der Waals surface area contributed by atoms with E-state index in [-0.39, 0.29) is 12.3 Å². The highest BCUT2D eigenvalue weighted by molar-refractivity contribution is 5.91. The summed E-state index contributed by atoms with van der Waals surface area (Å²) in [7, 11) is 0. The van der Waals surface area contributed by atoms with Gasteiger partial charge in [0.2, 0.25) is 0 Å². The van der Waals surface area contributed by atoms with Crippen molar-refractivity contribution in [1.29, 1.82) is 0 Å². The smallest absolute Gasteiger partial charge is 0.417 e. The normalized spacial score (nSPS) is 12.3. The van der Waals surface area contributed by atoms with E-state index in [1.807, 2.05) is 0 Å². The first-order valence-electron chi connectivity index (χ1n) is 5.86. The maximum Gasteiger partial charge on any atom is 0.417 e. The molecule has 1 aromatic carbocycles. The van der Waals surface area contributed by atoms with Crippen LogP contribution >= 0.6 is 0 Å². The molecule has 0 unspecified atom stereocenters. The molecule has 0 radical (unpaired) electrons. The first-order chi connectivity index (χ1) is 9.07. The van der Waals surface area contributed by atoms with Crippen LogP contribution in [0.2, 0.25) is 0 Å². The van der Waals surface area contributed by atoms with Crippen LogP contribution in [0.1, 0.15) is 29.8 Å². The van der Waals surface area contributed by atoms with Crippen molar-refractivity contribution in [3.05, 3.63) is 29.3 Å². The number of carbonyl (C=O) groups is 1. The van der Waals surface area contributed by atoms with Crippen LogP contribution in [0.15, 0.2) is 18.2 Å². The van der Waals surface area contributed by atoms with Crippen LogP contribution in [0.4, 0.5) is 18.9 Å². The quantitative estimate of drug-likeness (QED) is 0.780. The average molecular weight is 291 g/mol. The monoisotopic (exact) mass is 291 g/mol. The number of halogens is 3. The molecule has 0 heterocycles. The highest BCUT2D eigenvalue weighted by Crippen LogP contribution is 2.33. The van der Waals surface area contributed by atoms with Gasteiger partial charge in [-0.15, -0.1) is 0 Å². The molecule has 0 saturated heterocycles. The number of carboxylic acids is 1. The summed E-state index contributed by atoms with van der Waals surface area (Å²) in [5.41, 5.74) is -2.19. The summed E-state index contributed by atoms with van der Waals surface area (Å²) in [5, 5.41) is 20.8. The van der Waals surface area contributed by atoms with Crippen LogP contribution in [-0.2, 0) is 6.18 Å². The van der Waals surface area contributed by atoms with Gasteiger partial charge in [0.1, 0.15) is 0 Å². The molecular weight excluding hydrogens is 275 g/mol. The molecule has 0 aliphatic heterocycles. The van der Waals surface area contributed by atoms with Crippen LogP contribution in [0.25, 0.3) is 0 Å². The van der Waals surface area contributed by atoms with E-state index in [4.69, 9.17) is 10.2 Å². The Morgan fingerprint density at radius 2 is 1.90 bits per heavy atom. The van der Waals surface area contributed by atoms with E-state index in [9.17, 15) is 18.0 Å². The second-order valence-corrected chi connectivity index (χ2v) is 5.24. The predicted octanol–water partition coefficient (Wildman–Crippen LogP) is 2.83. The van der Waals surface area contributed by atoms with Gasteiger partial charge in [-0.05, 0) is 18.2 Å². The van der Waals surface area contributed by atoms with Crippen LogP contribution in [0, 0.1) is 5.41 Å². The number of aliphatic hydroxyl groups excluding tert-OH is 1. The molecule has 0 spiro atoms. The third-order valence-electron chi connectivity index (χ3n) is 2.75. The number of anilines is 1. The number of nitrogens with one attached hydrogen (secondary N) is 1. The Bertz CT molecular complexity index is 498. The summed E-state index contributed by atoms with van der Waals surface area (Å²) in [6.45, 7) is 3.73. The maximum absolute atomic E-state index is 12.7. The minimum Gasteiger partial charge on any atom is -0.478 e. The molecule has 0 saturated carbocycles. The number of alkyl halides is 3. The lowest BCUT2D eigenvalue weighted by Crippen LogP contribution is -2.27. The molecule has 0 aromatic heterocycles. The van der Waals surface area contributed by atoms with Gasteiger partial charge in [-0.25, -0.2) is 4.79 Å². The number of benzene rings is 1. The second kappa shape index (κ2) is 5.70. The number of rotatable bonds is 5. The summed E-state index contributed by atoms with van der Waals surface area (Å²) >= 11 is 0. The molecule has 1 aromatic rings. The SMILES string of the molecule is CC(C)(CO)CNc1ccc(C(F)(F)F)c(C(=O)O)c1. The zero-order valence-electron chi connectivity index (χ0n) is 11.1. The molecule has 0 aliphatic carbocycles. The van der Waals surface area contributed by atoms with E-state index in [2.05, 4.69) is 5.32 Å².